The molecule has 0 bridgehead atoms. The molecule has 0 saturated carbocycles. The van der Waals surface area contributed by atoms with Crippen LogP contribution in [-0.2, 0) is 0 Å². The summed E-state index contributed by atoms with van der Waals surface area (Å²) < 4.78 is 16.1. The molecule has 0 radical (unpaired) electrons. The Balaban J connectivity index is 0.00000225. The molecule has 7 heteroatoms. The summed E-state index contributed by atoms with van der Waals surface area (Å²) in [5.74, 6) is -0.598. The van der Waals surface area contributed by atoms with Crippen LogP contribution in [0.4, 0.5) is 4.39 Å². The SMILES string of the molecule is Cc1cc(C)n(-c2ccc(C(=O)N3CCC(C)(CN)C3)cc2F)n1.Cl. The normalized spacial score (nSPS) is 19.8. The molecule has 3 rings (SSSR count). The maximum atomic E-state index is 14.5. The summed E-state index contributed by atoms with van der Waals surface area (Å²) in [5, 5.41) is 4.29. The molecule has 1 aliphatic rings. The molecule has 1 amide bonds. The molecule has 2 heterocycles. The molecule has 2 aromatic rings. The topological polar surface area (TPSA) is 64.2 Å². The molecule has 1 aliphatic heterocycles. The van der Waals surface area contributed by atoms with Gasteiger partial charge in [-0.05, 0) is 56.5 Å². The molecule has 1 atom stereocenters. The second kappa shape index (κ2) is 7.14. The molecule has 1 saturated heterocycles. The van der Waals surface area contributed by atoms with E-state index in [4.69, 9.17) is 5.73 Å². The minimum absolute atomic E-state index is 0. The number of aromatic nitrogens is 2. The van der Waals surface area contributed by atoms with Crippen LogP contribution in [0, 0.1) is 25.1 Å². The second-order valence-electron chi connectivity index (χ2n) is 7.00. The van der Waals surface area contributed by atoms with Gasteiger partial charge in [0.1, 0.15) is 11.5 Å². The average molecular weight is 367 g/mol. The summed E-state index contributed by atoms with van der Waals surface area (Å²) in [7, 11) is 0. The fourth-order valence-corrected chi connectivity index (χ4v) is 3.23. The van der Waals surface area contributed by atoms with Crippen LogP contribution in [0.1, 0.15) is 35.1 Å². The molecular weight excluding hydrogens is 343 g/mol. The Labute approximate surface area is 153 Å². The number of likely N-dealkylation sites (tertiary alicyclic amines) is 1. The fraction of sp³-hybridized carbons (Fsp3) is 0.444. The van der Waals surface area contributed by atoms with Crippen molar-refractivity contribution in [3.05, 3.63) is 47.0 Å². The van der Waals surface area contributed by atoms with E-state index >= 15 is 0 Å². The molecule has 0 aliphatic carbocycles. The minimum Gasteiger partial charge on any atom is -0.338 e. The van der Waals surface area contributed by atoms with Gasteiger partial charge in [0, 0.05) is 24.3 Å². The van der Waals surface area contributed by atoms with Gasteiger partial charge in [-0.25, -0.2) is 9.07 Å². The Bertz CT molecular complexity index is 791. The van der Waals surface area contributed by atoms with Crippen LogP contribution >= 0.6 is 12.4 Å². The Hall–Kier alpha value is -1.92. The maximum Gasteiger partial charge on any atom is 0.253 e. The van der Waals surface area contributed by atoms with E-state index in [1.165, 1.54) is 6.07 Å². The number of hydrogen-bond donors (Lipinski definition) is 1. The van der Waals surface area contributed by atoms with Crippen molar-refractivity contribution in [3.8, 4) is 5.69 Å². The number of carbonyl (C=O) groups excluding carboxylic acids is 1. The lowest BCUT2D eigenvalue weighted by Gasteiger charge is -2.22. The Morgan fingerprint density at radius 3 is 2.60 bits per heavy atom. The summed E-state index contributed by atoms with van der Waals surface area (Å²) in [6.07, 6.45) is 0.877. The number of amides is 1. The molecule has 25 heavy (non-hydrogen) atoms. The molecule has 1 fully saturated rings. The van der Waals surface area contributed by atoms with Gasteiger partial charge in [0.15, 0.2) is 0 Å². The lowest BCUT2D eigenvalue weighted by Crippen LogP contribution is -2.34. The van der Waals surface area contributed by atoms with Crippen molar-refractivity contribution in [3.63, 3.8) is 0 Å². The highest BCUT2D eigenvalue weighted by molar-refractivity contribution is 5.94. The Morgan fingerprint density at radius 1 is 1.36 bits per heavy atom. The van der Waals surface area contributed by atoms with Gasteiger partial charge in [-0.2, -0.15) is 5.10 Å². The van der Waals surface area contributed by atoms with Gasteiger partial charge in [-0.15, -0.1) is 12.4 Å². The molecule has 2 N–H and O–H groups in total. The Kier molecular flexibility index (Phi) is 5.54. The first-order valence-electron chi connectivity index (χ1n) is 8.15. The fourth-order valence-electron chi connectivity index (χ4n) is 3.23. The quantitative estimate of drug-likeness (QED) is 0.908. The van der Waals surface area contributed by atoms with Crippen LogP contribution in [0.5, 0.6) is 0 Å². The van der Waals surface area contributed by atoms with Crippen molar-refractivity contribution in [2.45, 2.75) is 27.2 Å². The van der Waals surface area contributed by atoms with Gasteiger partial charge in [0.05, 0.1) is 5.69 Å². The van der Waals surface area contributed by atoms with Gasteiger partial charge in [0.2, 0.25) is 0 Å². The van der Waals surface area contributed by atoms with Gasteiger partial charge in [-0.3, -0.25) is 4.79 Å². The van der Waals surface area contributed by atoms with Crippen molar-refractivity contribution < 1.29 is 9.18 Å². The predicted molar refractivity (Wildman–Crippen MR) is 97.9 cm³/mol. The van der Waals surface area contributed by atoms with E-state index in [0.29, 0.717) is 30.9 Å². The molecule has 1 aromatic carbocycles. The van der Waals surface area contributed by atoms with Crippen molar-refractivity contribution in [2.75, 3.05) is 19.6 Å². The van der Waals surface area contributed by atoms with Crippen LogP contribution < -0.4 is 5.73 Å². The highest BCUT2D eigenvalue weighted by atomic mass is 35.5. The molecule has 0 spiro atoms. The number of rotatable bonds is 3. The summed E-state index contributed by atoms with van der Waals surface area (Å²) in [5.41, 5.74) is 8.13. The zero-order valence-corrected chi connectivity index (χ0v) is 15.6. The lowest BCUT2D eigenvalue weighted by atomic mass is 9.90. The van der Waals surface area contributed by atoms with Crippen LogP contribution in [0.15, 0.2) is 24.3 Å². The largest absolute Gasteiger partial charge is 0.338 e. The number of halogens is 2. The molecule has 1 aromatic heterocycles. The zero-order chi connectivity index (χ0) is 17.5. The summed E-state index contributed by atoms with van der Waals surface area (Å²) in [4.78, 5) is 14.4. The van der Waals surface area contributed by atoms with Crippen LogP contribution in [0.3, 0.4) is 0 Å². The second-order valence-corrected chi connectivity index (χ2v) is 7.00. The third kappa shape index (κ3) is 3.70. The summed E-state index contributed by atoms with van der Waals surface area (Å²) in [6.45, 7) is 7.63. The van der Waals surface area contributed by atoms with Crippen molar-refractivity contribution >= 4 is 18.3 Å². The highest BCUT2D eigenvalue weighted by Gasteiger charge is 2.35. The number of carbonyl (C=O) groups is 1. The van der Waals surface area contributed by atoms with E-state index in [9.17, 15) is 9.18 Å². The Morgan fingerprint density at radius 2 is 2.08 bits per heavy atom. The van der Waals surface area contributed by atoms with E-state index < -0.39 is 5.82 Å². The standard InChI is InChI=1S/C18H23FN4O.ClH/c1-12-8-13(2)23(21-12)16-5-4-14(9-15(16)19)17(24)22-7-6-18(3,10-20)11-22;/h4-5,8-9H,6-7,10-11,20H2,1-3H3;1H. The first-order valence-corrected chi connectivity index (χ1v) is 8.15. The van der Waals surface area contributed by atoms with Crippen molar-refractivity contribution in [2.24, 2.45) is 11.1 Å². The van der Waals surface area contributed by atoms with Gasteiger partial charge in [0.25, 0.3) is 5.91 Å². The van der Waals surface area contributed by atoms with Gasteiger partial charge < -0.3 is 10.6 Å². The number of nitrogens with two attached hydrogens (primary N) is 1. The lowest BCUT2D eigenvalue weighted by molar-refractivity contribution is 0.0776. The number of nitrogens with zero attached hydrogens (tertiary/aromatic N) is 3. The number of aryl methyl sites for hydroxylation is 2. The van der Waals surface area contributed by atoms with E-state index in [2.05, 4.69) is 12.0 Å². The van der Waals surface area contributed by atoms with E-state index in [1.54, 1.807) is 21.7 Å². The molecule has 1 unspecified atom stereocenters. The third-order valence-corrected chi connectivity index (χ3v) is 4.77. The molecule has 136 valence electrons. The van der Waals surface area contributed by atoms with Crippen LogP contribution in [0.2, 0.25) is 0 Å². The third-order valence-electron chi connectivity index (χ3n) is 4.77. The molecule has 5 nitrogen and oxygen atoms in total. The smallest absolute Gasteiger partial charge is 0.253 e. The van der Waals surface area contributed by atoms with Gasteiger partial charge >= 0.3 is 0 Å². The van der Waals surface area contributed by atoms with Crippen molar-refractivity contribution in [1.29, 1.82) is 0 Å². The first-order chi connectivity index (χ1) is 11.3. The van der Waals surface area contributed by atoms with E-state index in [0.717, 1.165) is 17.8 Å². The van der Waals surface area contributed by atoms with Crippen LogP contribution in [-0.4, -0.2) is 40.2 Å². The molecular formula is C18H24ClFN4O. The van der Waals surface area contributed by atoms with E-state index in [1.807, 2.05) is 19.9 Å². The maximum absolute atomic E-state index is 14.5. The summed E-state index contributed by atoms with van der Waals surface area (Å²) in [6, 6.07) is 6.46. The zero-order valence-electron chi connectivity index (χ0n) is 14.8. The summed E-state index contributed by atoms with van der Waals surface area (Å²) >= 11 is 0. The van der Waals surface area contributed by atoms with Crippen LogP contribution in [0.25, 0.3) is 5.69 Å². The minimum atomic E-state index is -0.451. The van der Waals surface area contributed by atoms with Crippen molar-refractivity contribution in [1.82, 2.24) is 14.7 Å². The predicted octanol–water partition coefficient (Wildman–Crippen LogP) is 2.86. The average Bonchev–Trinajstić information content (AvgIpc) is 3.10. The monoisotopic (exact) mass is 366 g/mol. The number of hydrogen-bond acceptors (Lipinski definition) is 3. The first kappa shape index (κ1) is 19.4. The van der Waals surface area contributed by atoms with E-state index in [-0.39, 0.29) is 23.7 Å². The highest BCUT2D eigenvalue weighted by Crippen LogP contribution is 2.29. The number of benzene rings is 1. The van der Waals surface area contributed by atoms with Gasteiger partial charge in [-0.1, -0.05) is 6.92 Å².